The average Bonchev–Trinajstić information content (AvgIpc) is 2.37. The minimum atomic E-state index is -3.42. The zero-order valence-electron chi connectivity index (χ0n) is 12.6. The van der Waals surface area contributed by atoms with Gasteiger partial charge in [-0.25, -0.2) is 13.1 Å². The second-order valence-corrected chi connectivity index (χ2v) is 7.48. The molecule has 0 aromatic heterocycles. The van der Waals surface area contributed by atoms with E-state index in [1.807, 2.05) is 33.0 Å². The molecule has 0 saturated heterocycles. The molecule has 114 valence electrons. The van der Waals surface area contributed by atoms with Crippen LogP contribution in [0.5, 0.6) is 0 Å². The first-order chi connectivity index (χ1) is 9.42. The van der Waals surface area contributed by atoms with Gasteiger partial charge in [-0.15, -0.1) is 0 Å². The van der Waals surface area contributed by atoms with E-state index in [1.54, 1.807) is 11.8 Å². The number of nitrogens with one attached hydrogen (secondary N) is 2. The van der Waals surface area contributed by atoms with Crippen LogP contribution < -0.4 is 10.0 Å². The number of benzene rings is 1. The highest BCUT2D eigenvalue weighted by Gasteiger charge is 2.19. The summed E-state index contributed by atoms with van der Waals surface area (Å²) in [6.45, 7) is 4.15. The van der Waals surface area contributed by atoms with Crippen molar-refractivity contribution in [2.24, 2.45) is 0 Å². The second kappa shape index (κ2) is 7.90. The molecular formula is C14H24N2O2S2. The van der Waals surface area contributed by atoms with Crippen molar-refractivity contribution >= 4 is 27.5 Å². The summed E-state index contributed by atoms with van der Waals surface area (Å²) >= 11 is 1.78. The monoisotopic (exact) mass is 316 g/mol. The van der Waals surface area contributed by atoms with Gasteiger partial charge < -0.3 is 5.32 Å². The number of rotatable bonds is 8. The van der Waals surface area contributed by atoms with Crippen LogP contribution in [-0.4, -0.2) is 34.0 Å². The fraction of sp³-hybridized carbons (Fsp3) is 0.571. The second-order valence-electron chi connectivity index (χ2n) is 4.79. The lowest BCUT2D eigenvalue weighted by Crippen LogP contribution is -2.26. The zero-order valence-corrected chi connectivity index (χ0v) is 14.2. The maximum absolute atomic E-state index is 12.4. The lowest BCUT2D eigenvalue weighted by atomic mass is 10.1. The van der Waals surface area contributed by atoms with Crippen molar-refractivity contribution in [2.75, 3.05) is 30.9 Å². The summed E-state index contributed by atoms with van der Waals surface area (Å²) in [5.41, 5.74) is 2.47. The van der Waals surface area contributed by atoms with E-state index in [4.69, 9.17) is 0 Å². The number of hydrogen-bond acceptors (Lipinski definition) is 4. The van der Waals surface area contributed by atoms with Crippen LogP contribution in [-0.2, 0) is 10.0 Å². The van der Waals surface area contributed by atoms with Crippen molar-refractivity contribution in [2.45, 2.75) is 31.6 Å². The Bertz CT molecular complexity index is 519. The third kappa shape index (κ3) is 4.68. The van der Waals surface area contributed by atoms with Gasteiger partial charge in [0.15, 0.2) is 0 Å². The molecule has 0 unspecified atom stereocenters. The number of aryl methyl sites for hydroxylation is 2. The van der Waals surface area contributed by atoms with Crippen molar-refractivity contribution in [3.63, 3.8) is 0 Å². The van der Waals surface area contributed by atoms with Gasteiger partial charge in [0, 0.05) is 19.3 Å². The summed E-state index contributed by atoms with van der Waals surface area (Å²) < 4.78 is 27.4. The first-order valence-electron chi connectivity index (χ1n) is 6.70. The number of thioether (sulfide) groups is 1. The molecule has 1 aromatic carbocycles. The van der Waals surface area contributed by atoms with Crippen LogP contribution >= 0.6 is 11.8 Å². The fourth-order valence-corrected chi connectivity index (χ4v) is 4.18. The van der Waals surface area contributed by atoms with Crippen LogP contribution in [0, 0.1) is 13.8 Å². The van der Waals surface area contributed by atoms with Crippen LogP contribution in [0.4, 0.5) is 5.69 Å². The molecule has 2 N–H and O–H groups in total. The number of unbranched alkanes of at least 4 members (excludes halogenated alkanes) is 1. The molecular weight excluding hydrogens is 292 g/mol. The molecule has 0 aliphatic rings. The third-order valence-electron chi connectivity index (χ3n) is 3.09. The Morgan fingerprint density at radius 1 is 1.15 bits per heavy atom. The zero-order chi connectivity index (χ0) is 15.2. The molecule has 20 heavy (non-hydrogen) atoms. The van der Waals surface area contributed by atoms with Gasteiger partial charge in [-0.1, -0.05) is 0 Å². The molecule has 0 aliphatic heterocycles. The highest BCUT2D eigenvalue weighted by Crippen LogP contribution is 2.24. The van der Waals surface area contributed by atoms with Crippen LogP contribution in [0.25, 0.3) is 0 Å². The van der Waals surface area contributed by atoms with Crippen LogP contribution in [0.3, 0.4) is 0 Å². The first kappa shape index (κ1) is 17.3. The molecule has 1 aromatic rings. The maximum Gasteiger partial charge on any atom is 0.241 e. The molecule has 1 rings (SSSR count). The molecule has 0 spiro atoms. The molecule has 0 amide bonds. The van der Waals surface area contributed by atoms with Gasteiger partial charge in [0.05, 0.1) is 4.90 Å². The van der Waals surface area contributed by atoms with E-state index in [2.05, 4.69) is 16.3 Å². The van der Waals surface area contributed by atoms with E-state index in [-0.39, 0.29) is 0 Å². The normalized spacial score (nSPS) is 11.6. The molecule has 0 radical (unpaired) electrons. The highest BCUT2D eigenvalue weighted by atomic mass is 32.2. The van der Waals surface area contributed by atoms with Crippen molar-refractivity contribution in [3.8, 4) is 0 Å². The van der Waals surface area contributed by atoms with Crippen LogP contribution in [0.1, 0.15) is 24.0 Å². The fourth-order valence-electron chi connectivity index (χ4n) is 2.17. The lowest BCUT2D eigenvalue weighted by molar-refractivity contribution is 0.577. The van der Waals surface area contributed by atoms with Gasteiger partial charge in [-0.3, -0.25) is 0 Å². The molecule has 0 atom stereocenters. The van der Waals surface area contributed by atoms with E-state index in [0.717, 1.165) is 35.4 Å². The Balaban J connectivity index is 2.82. The Hall–Kier alpha value is -0.720. The largest absolute Gasteiger partial charge is 0.388 e. The van der Waals surface area contributed by atoms with E-state index < -0.39 is 10.0 Å². The summed E-state index contributed by atoms with van der Waals surface area (Å²) in [6, 6.07) is 3.71. The average molecular weight is 316 g/mol. The van der Waals surface area contributed by atoms with Crippen molar-refractivity contribution in [1.29, 1.82) is 0 Å². The number of anilines is 1. The highest BCUT2D eigenvalue weighted by molar-refractivity contribution is 7.98. The van der Waals surface area contributed by atoms with E-state index >= 15 is 0 Å². The molecule has 0 heterocycles. The summed E-state index contributed by atoms with van der Waals surface area (Å²) in [6.07, 6.45) is 3.95. The predicted octanol–water partition coefficient (Wildman–Crippen LogP) is 2.77. The van der Waals surface area contributed by atoms with Gasteiger partial charge in [0.1, 0.15) is 0 Å². The van der Waals surface area contributed by atoms with Gasteiger partial charge in [-0.2, -0.15) is 11.8 Å². The Kier molecular flexibility index (Phi) is 6.85. The van der Waals surface area contributed by atoms with Crippen LogP contribution in [0.2, 0.25) is 0 Å². The van der Waals surface area contributed by atoms with E-state index in [1.165, 1.54) is 0 Å². The minimum Gasteiger partial charge on any atom is -0.388 e. The summed E-state index contributed by atoms with van der Waals surface area (Å²) in [4.78, 5) is 0.404. The topological polar surface area (TPSA) is 58.2 Å². The Morgan fingerprint density at radius 3 is 2.25 bits per heavy atom. The van der Waals surface area contributed by atoms with Crippen molar-refractivity contribution in [3.05, 3.63) is 23.3 Å². The van der Waals surface area contributed by atoms with Gasteiger partial charge in [-0.05, 0) is 62.0 Å². The smallest absolute Gasteiger partial charge is 0.241 e. The molecule has 6 heteroatoms. The van der Waals surface area contributed by atoms with E-state index in [0.29, 0.717) is 11.4 Å². The molecule has 0 fully saturated rings. The van der Waals surface area contributed by atoms with Gasteiger partial charge in [0.2, 0.25) is 10.0 Å². The standard InChI is InChI=1S/C14H24N2O2S2/c1-11-9-13(15-3)10-12(2)14(11)20(17,18)16-7-5-6-8-19-4/h9-10,15-16H,5-8H2,1-4H3. The van der Waals surface area contributed by atoms with Crippen molar-refractivity contribution < 1.29 is 8.42 Å². The first-order valence-corrected chi connectivity index (χ1v) is 9.57. The minimum absolute atomic E-state index is 0.404. The molecule has 0 bridgehead atoms. The SMILES string of the molecule is CNc1cc(C)c(S(=O)(=O)NCCCCSC)c(C)c1. The number of hydrogen-bond donors (Lipinski definition) is 2. The maximum atomic E-state index is 12.4. The quantitative estimate of drug-likeness (QED) is 0.724. The predicted molar refractivity (Wildman–Crippen MR) is 88.3 cm³/mol. The van der Waals surface area contributed by atoms with Gasteiger partial charge in [0.25, 0.3) is 0 Å². The molecule has 0 saturated carbocycles. The summed E-state index contributed by atoms with van der Waals surface area (Å²) in [5.74, 6) is 1.07. The number of sulfonamides is 1. The van der Waals surface area contributed by atoms with Crippen LogP contribution in [0.15, 0.2) is 17.0 Å². The summed E-state index contributed by atoms with van der Waals surface area (Å²) in [5, 5.41) is 3.04. The van der Waals surface area contributed by atoms with E-state index in [9.17, 15) is 8.42 Å². The van der Waals surface area contributed by atoms with Crippen molar-refractivity contribution in [1.82, 2.24) is 4.72 Å². The Morgan fingerprint density at radius 2 is 1.75 bits per heavy atom. The molecule has 0 aliphatic carbocycles. The van der Waals surface area contributed by atoms with Gasteiger partial charge >= 0.3 is 0 Å². The summed E-state index contributed by atoms with van der Waals surface area (Å²) in [7, 11) is -1.59. The Labute approximate surface area is 126 Å². The lowest BCUT2D eigenvalue weighted by Gasteiger charge is -2.14. The third-order valence-corrected chi connectivity index (χ3v) is 5.55. The molecule has 4 nitrogen and oxygen atoms in total.